The predicted molar refractivity (Wildman–Crippen MR) is 119 cm³/mol. The zero-order valence-electron chi connectivity index (χ0n) is 17.1. The molecule has 1 aliphatic rings. The topological polar surface area (TPSA) is 115 Å². The van der Waals surface area contributed by atoms with Gasteiger partial charge in [-0.2, -0.15) is 0 Å². The second-order valence-corrected chi connectivity index (χ2v) is 7.28. The number of ether oxygens (including phenoxy) is 1. The highest BCUT2D eigenvalue weighted by Crippen LogP contribution is 2.44. The van der Waals surface area contributed by atoms with E-state index in [0.717, 1.165) is 11.1 Å². The number of carbonyl (C=O) groups is 1. The smallest absolute Gasteiger partial charge is 0.407 e. The number of alkyl carbamates (subject to hydrolysis) is 1. The van der Waals surface area contributed by atoms with Crippen molar-refractivity contribution >= 4 is 18.0 Å². The van der Waals surface area contributed by atoms with Crippen molar-refractivity contribution in [2.45, 2.75) is 12.3 Å². The maximum Gasteiger partial charge on any atom is 0.407 e. The Morgan fingerprint density at radius 1 is 1.09 bits per heavy atom. The number of hydrogen-bond donors (Lipinski definition) is 2. The molecule has 0 spiro atoms. The number of nitrogens with zero attached hydrogens (tertiary/aromatic N) is 2. The SMILES string of the molecule is O=C(NCCC=Cc1ccc(O)c([N+](=O)[O-])n1)OCC1c2ccccc2-c2ccccc21. The Labute approximate surface area is 184 Å². The third kappa shape index (κ3) is 4.44. The van der Waals surface area contributed by atoms with Crippen molar-refractivity contribution in [3.05, 3.63) is 93.7 Å². The Hall–Kier alpha value is -4.20. The number of pyridine rings is 1. The largest absolute Gasteiger partial charge is 0.501 e. The van der Waals surface area contributed by atoms with Gasteiger partial charge in [0.05, 0.1) is 0 Å². The minimum atomic E-state index is -0.745. The van der Waals surface area contributed by atoms with Gasteiger partial charge in [-0.1, -0.05) is 54.6 Å². The molecule has 1 aromatic heterocycles. The first kappa shape index (κ1) is 21.0. The summed E-state index contributed by atoms with van der Waals surface area (Å²) in [5.74, 6) is -1.07. The first-order chi connectivity index (χ1) is 15.5. The van der Waals surface area contributed by atoms with E-state index in [1.54, 1.807) is 12.2 Å². The van der Waals surface area contributed by atoms with Crippen LogP contribution >= 0.6 is 0 Å². The highest BCUT2D eigenvalue weighted by atomic mass is 16.6. The lowest BCUT2D eigenvalue weighted by Gasteiger charge is -2.14. The summed E-state index contributed by atoms with van der Waals surface area (Å²) in [4.78, 5) is 26.0. The zero-order valence-corrected chi connectivity index (χ0v) is 17.1. The van der Waals surface area contributed by atoms with Crippen LogP contribution in [0.25, 0.3) is 17.2 Å². The van der Waals surface area contributed by atoms with Crippen molar-refractivity contribution < 1.29 is 19.6 Å². The van der Waals surface area contributed by atoms with Crippen LogP contribution in [0.4, 0.5) is 10.6 Å². The van der Waals surface area contributed by atoms with Gasteiger partial charge in [0.25, 0.3) is 0 Å². The molecule has 2 aromatic carbocycles. The summed E-state index contributed by atoms with van der Waals surface area (Å²) in [7, 11) is 0. The standard InChI is InChI=1S/C24H21N3O5/c28-22-13-12-16(26-23(22)27(30)31)7-5-6-14-25-24(29)32-15-21-19-10-3-1-8-17(19)18-9-2-4-11-20(18)21/h1-5,7-13,21,28H,6,14-15H2,(H,25,29). The van der Waals surface area contributed by atoms with E-state index in [0.29, 0.717) is 18.7 Å². The fraction of sp³-hybridized carbons (Fsp3) is 0.167. The second kappa shape index (κ2) is 9.30. The number of aromatic hydroxyl groups is 1. The van der Waals surface area contributed by atoms with Gasteiger partial charge >= 0.3 is 11.9 Å². The molecule has 0 atom stereocenters. The molecule has 8 nitrogen and oxygen atoms in total. The Kier molecular flexibility index (Phi) is 6.12. The van der Waals surface area contributed by atoms with E-state index in [-0.39, 0.29) is 12.5 Å². The molecule has 1 aliphatic carbocycles. The molecule has 4 rings (SSSR count). The predicted octanol–water partition coefficient (Wildman–Crippen LogP) is 4.64. The van der Waals surface area contributed by atoms with Crippen LogP contribution in [0.5, 0.6) is 5.75 Å². The molecule has 8 heteroatoms. The molecule has 0 saturated heterocycles. The molecule has 0 aliphatic heterocycles. The molecule has 0 bridgehead atoms. The number of aromatic nitrogens is 1. The second-order valence-electron chi connectivity index (χ2n) is 7.28. The average Bonchev–Trinajstić information content (AvgIpc) is 3.12. The van der Waals surface area contributed by atoms with Crippen molar-refractivity contribution in [1.82, 2.24) is 10.3 Å². The maximum absolute atomic E-state index is 12.1. The Bertz CT molecular complexity index is 1150. The maximum atomic E-state index is 12.1. The summed E-state index contributed by atoms with van der Waals surface area (Å²) in [6.45, 7) is 0.587. The van der Waals surface area contributed by atoms with Crippen LogP contribution in [0.15, 0.2) is 66.7 Å². The van der Waals surface area contributed by atoms with Gasteiger partial charge in [-0.15, -0.1) is 0 Å². The lowest BCUT2D eigenvalue weighted by atomic mass is 9.98. The van der Waals surface area contributed by atoms with Gasteiger partial charge in [0, 0.05) is 12.5 Å². The fourth-order valence-electron chi connectivity index (χ4n) is 3.79. The van der Waals surface area contributed by atoms with Gasteiger partial charge in [0.1, 0.15) is 6.61 Å². The lowest BCUT2D eigenvalue weighted by molar-refractivity contribution is -0.390. The van der Waals surface area contributed by atoms with Crippen LogP contribution in [-0.4, -0.2) is 34.3 Å². The number of fused-ring (bicyclic) bond motifs is 3. The minimum Gasteiger partial charge on any atom is -0.501 e. The number of amides is 1. The summed E-state index contributed by atoms with van der Waals surface area (Å²) in [5, 5.41) is 22.9. The fourth-order valence-corrected chi connectivity index (χ4v) is 3.79. The molecule has 0 radical (unpaired) electrons. The van der Waals surface area contributed by atoms with Gasteiger partial charge in [0.2, 0.25) is 5.75 Å². The Morgan fingerprint density at radius 3 is 2.41 bits per heavy atom. The van der Waals surface area contributed by atoms with E-state index >= 15 is 0 Å². The number of nitro groups is 1. The van der Waals surface area contributed by atoms with Crippen LogP contribution in [0.1, 0.15) is 29.2 Å². The summed E-state index contributed by atoms with van der Waals surface area (Å²) in [5.41, 5.74) is 4.99. The molecule has 1 heterocycles. The van der Waals surface area contributed by atoms with Gasteiger partial charge in [-0.3, -0.25) is 0 Å². The van der Waals surface area contributed by atoms with Crippen LogP contribution in [0.3, 0.4) is 0 Å². The highest BCUT2D eigenvalue weighted by molar-refractivity contribution is 5.79. The Morgan fingerprint density at radius 2 is 1.75 bits per heavy atom. The van der Waals surface area contributed by atoms with E-state index in [2.05, 4.69) is 34.6 Å². The van der Waals surface area contributed by atoms with Crippen LogP contribution in [0, 0.1) is 10.1 Å². The molecule has 0 fully saturated rings. The average molecular weight is 431 g/mol. The summed E-state index contributed by atoms with van der Waals surface area (Å²) >= 11 is 0. The number of carbonyl (C=O) groups excluding carboxylic acids is 1. The summed E-state index contributed by atoms with van der Waals surface area (Å²) in [6.07, 6.45) is 3.30. The van der Waals surface area contributed by atoms with E-state index in [1.165, 1.54) is 23.3 Å². The molecule has 32 heavy (non-hydrogen) atoms. The van der Waals surface area contributed by atoms with Crippen molar-refractivity contribution in [1.29, 1.82) is 0 Å². The number of rotatable bonds is 7. The van der Waals surface area contributed by atoms with E-state index in [1.807, 2.05) is 24.3 Å². The van der Waals surface area contributed by atoms with Crippen molar-refractivity contribution in [3.63, 3.8) is 0 Å². The van der Waals surface area contributed by atoms with Gasteiger partial charge < -0.3 is 25.3 Å². The third-order valence-electron chi connectivity index (χ3n) is 5.26. The summed E-state index contributed by atoms with van der Waals surface area (Å²) < 4.78 is 5.47. The molecule has 0 saturated carbocycles. The van der Waals surface area contributed by atoms with E-state index in [4.69, 9.17) is 4.74 Å². The molecular formula is C24H21N3O5. The van der Waals surface area contributed by atoms with Crippen LogP contribution < -0.4 is 5.32 Å². The zero-order chi connectivity index (χ0) is 22.5. The Balaban J connectivity index is 1.27. The molecule has 3 aromatic rings. The normalized spacial score (nSPS) is 12.4. The first-order valence-electron chi connectivity index (χ1n) is 10.1. The van der Waals surface area contributed by atoms with Crippen molar-refractivity contribution in [3.8, 4) is 16.9 Å². The molecule has 2 N–H and O–H groups in total. The number of nitrogens with one attached hydrogen (secondary N) is 1. The lowest BCUT2D eigenvalue weighted by Crippen LogP contribution is -2.26. The molecular weight excluding hydrogens is 410 g/mol. The highest BCUT2D eigenvalue weighted by Gasteiger charge is 2.28. The van der Waals surface area contributed by atoms with Crippen LogP contribution in [0.2, 0.25) is 0 Å². The molecule has 0 unspecified atom stereocenters. The first-order valence-corrected chi connectivity index (χ1v) is 10.1. The van der Waals surface area contributed by atoms with Gasteiger partial charge in [0.15, 0.2) is 5.69 Å². The van der Waals surface area contributed by atoms with Gasteiger partial charge in [-0.25, -0.2) is 4.79 Å². The number of benzene rings is 2. The van der Waals surface area contributed by atoms with E-state index in [9.17, 15) is 20.0 Å². The quantitative estimate of drug-likeness (QED) is 0.320. The minimum absolute atomic E-state index is 0.00408. The van der Waals surface area contributed by atoms with Crippen molar-refractivity contribution in [2.75, 3.05) is 13.2 Å². The van der Waals surface area contributed by atoms with Crippen molar-refractivity contribution in [2.24, 2.45) is 0 Å². The number of hydrogen-bond acceptors (Lipinski definition) is 6. The van der Waals surface area contributed by atoms with Gasteiger partial charge in [-0.05, 0) is 56.8 Å². The molecule has 162 valence electrons. The monoisotopic (exact) mass is 431 g/mol. The third-order valence-corrected chi connectivity index (χ3v) is 5.26. The van der Waals surface area contributed by atoms with E-state index < -0.39 is 22.6 Å². The molecule has 1 amide bonds. The summed E-state index contributed by atoms with van der Waals surface area (Å²) in [6, 6.07) is 19.0. The van der Waals surface area contributed by atoms with Crippen LogP contribution in [-0.2, 0) is 4.74 Å².